The van der Waals surface area contributed by atoms with Gasteiger partial charge >= 0.3 is 5.63 Å². The highest BCUT2D eigenvalue weighted by molar-refractivity contribution is 7.90. The Morgan fingerprint density at radius 1 is 1.06 bits per heavy atom. The summed E-state index contributed by atoms with van der Waals surface area (Å²) >= 11 is 1.15. The number of sulfone groups is 1. The first kappa shape index (κ1) is 21.0. The van der Waals surface area contributed by atoms with Gasteiger partial charge in [-0.1, -0.05) is 48.5 Å². The molecular weight excluding hydrogens is 436 g/mol. The minimum absolute atomic E-state index is 0.111. The van der Waals surface area contributed by atoms with Crippen molar-refractivity contribution >= 4 is 43.2 Å². The van der Waals surface area contributed by atoms with Crippen molar-refractivity contribution in [3.8, 4) is 11.3 Å². The molecule has 7 nitrogen and oxygen atoms in total. The zero-order chi connectivity index (χ0) is 21.8. The van der Waals surface area contributed by atoms with Crippen molar-refractivity contribution < 1.29 is 17.6 Å². The average molecular weight is 455 g/mol. The molecule has 1 amide bonds. The average Bonchev–Trinajstić information content (AvgIpc) is 3.20. The lowest BCUT2D eigenvalue weighted by Gasteiger charge is -2.05. The highest BCUT2D eigenvalue weighted by Gasteiger charge is 2.16. The minimum atomic E-state index is -3.42. The molecule has 2 aromatic heterocycles. The fraction of sp³-hybridized carbons (Fsp3) is 0.136. The number of thiazole rings is 1. The molecule has 2 aromatic carbocycles. The summed E-state index contributed by atoms with van der Waals surface area (Å²) in [5.41, 5.74) is 1.32. The summed E-state index contributed by atoms with van der Waals surface area (Å²) in [6.07, 6.45) is -0.178. The third kappa shape index (κ3) is 5.25. The number of para-hydroxylation sites is 1. The number of carbonyl (C=O) groups is 1. The first-order valence-electron chi connectivity index (χ1n) is 9.43. The van der Waals surface area contributed by atoms with Crippen LogP contribution in [0.15, 0.2) is 75.3 Å². The van der Waals surface area contributed by atoms with Crippen molar-refractivity contribution in [3.63, 3.8) is 0 Å². The Morgan fingerprint density at radius 2 is 1.81 bits per heavy atom. The van der Waals surface area contributed by atoms with Crippen LogP contribution in [0.5, 0.6) is 0 Å². The van der Waals surface area contributed by atoms with Gasteiger partial charge in [-0.3, -0.25) is 4.79 Å². The molecule has 0 aliphatic heterocycles. The normalized spacial score (nSPS) is 11.5. The van der Waals surface area contributed by atoms with Gasteiger partial charge in [-0.05, 0) is 17.7 Å². The zero-order valence-electron chi connectivity index (χ0n) is 16.3. The first-order chi connectivity index (χ1) is 14.9. The van der Waals surface area contributed by atoms with Gasteiger partial charge in [-0.2, -0.15) is 0 Å². The number of carbonyl (C=O) groups excluding carboxylic acids is 1. The van der Waals surface area contributed by atoms with Crippen LogP contribution < -0.4 is 10.9 Å². The number of rotatable bonds is 7. The lowest BCUT2D eigenvalue weighted by molar-refractivity contribution is -0.115. The number of benzene rings is 2. The number of aromatic nitrogens is 1. The van der Waals surface area contributed by atoms with Crippen LogP contribution in [0, 0.1) is 0 Å². The van der Waals surface area contributed by atoms with Crippen molar-refractivity contribution in [1.82, 2.24) is 4.98 Å². The van der Waals surface area contributed by atoms with Crippen molar-refractivity contribution in [3.05, 3.63) is 82.0 Å². The number of anilines is 1. The fourth-order valence-electron chi connectivity index (χ4n) is 3.03. The Bertz CT molecular complexity index is 1390. The molecule has 0 saturated heterocycles. The van der Waals surface area contributed by atoms with E-state index in [0.29, 0.717) is 22.4 Å². The molecule has 0 radical (unpaired) electrons. The van der Waals surface area contributed by atoms with Crippen LogP contribution in [-0.2, 0) is 20.4 Å². The van der Waals surface area contributed by atoms with Crippen LogP contribution >= 0.6 is 11.3 Å². The van der Waals surface area contributed by atoms with Crippen LogP contribution in [0.3, 0.4) is 0 Å². The van der Waals surface area contributed by atoms with E-state index in [0.717, 1.165) is 16.7 Å². The molecule has 0 aliphatic carbocycles. The van der Waals surface area contributed by atoms with Crippen molar-refractivity contribution in [2.75, 3.05) is 11.1 Å². The van der Waals surface area contributed by atoms with Gasteiger partial charge in [0.1, 0.15) is 5.58 Å². The van der Waals surface area contributed by atoms with E-state index in [-0.39, 0.29) is 23.1 Å². The summed E-state index contributed by atoms with van der Waals surface area (Å²) < 4.78 is 29.8. The summed E-state index contributed by atoms with van der Waals surface area (Å²) in [5, 5.41) is 5.29. The molecule has 0 atom stereocenters. The number of hydrogen-bond donors (Lipinski definition) is 1. The molecule has 1 N–H and O–H groups in total. The standard InChI is InChI=1S/C22H18N2O5S2/c25-20(10-11-31(27,28)14-15-6-2-1-3-7-15)24-22-23-18(13-30-22)17-12-16-8-4-5-9-19(16)29-21(17)26/h1-9,12-13H,10-11,14H2,(H,23,24,25). The maximum atomic E-state index is 12.3. The van der Waals surface area contributed by atoms with Gasteiger partial charge in [-0.25, -0.2) is 18.2 Å². The first-order valence-corrected chi connectivity index (χ1v) is 12.1. The minimum Gasteiger partial charge on any atom is -0.422 e. The van der Waals surface area contributed by atoms with Crippen molar-refractivity contribution in [2.45, 2.75) is 12.2 Å². The summed E-state index contributed by atoms with van der Waals surface area (Å²) in [5.74, 6) is -0.830. The van der Waals surface area contributed by atoms with Crippen molar-refractivity contribution in [1.29, 1.82) is 0 Å². The maximum absolute atomic E-state index is 12.3. The molecule has 0 spiro atoms. The van der Waals surface area contributed by atoms with E-state index in [4.69, 9.17) is 4.42 Å². The van der Waals surface area contributed by atoms with Gasteiger partial charge in [0.05, 0.1) is 22.8 Å². The monoisotopic (exact) mass is 454 g/mol. The van der Waals surface area contributed by atoms with Crippen LogP contribution in [-0.4, -0.2) is 25.1 Å². The second kappa shape index (κ2) is 8.83. The maximum Gasteiger partial charge on any atom is 0.345 e. The van der Waals surface area contributed by atoms with Gasteiger partial charge in [0.15, 0.2) is 15.0 Å². The number of hydrogen-bond acceptors (Lipinski definition) is 7. The molecule has 0 aliphatic rings. The number of fused-ring (bicyclic) bond motifs is 1. The molecule has 0 fully saturated rings. The van der Waals surface area contributed by atoms with Gasteiger partial charge in [0, 0.05) is 17.2 Å². The predicted molar refractivity (Wildman–Crippen MR) is 121 cm³/mol. The van der Waals surface area contributed by atoms with Crippen LogP contribution in [0.2, 0.25) is 0 Å². The molecule has 31 heavy (non-hydrogen) atoms. The smallest absolute Gasteiger partial charge is 0.345 e. The van der Waals surface area contributed by atoms with Gasteiger partial charge < -0.3 is 9.73 Å². The van der Waals surface area contributed by atoms with Crippen LogP contribution in [0.25, 0.3) is 22.2 Å². The lowest BCUT2D eigenvalue weighted by Crippen LogP contribution is -2.18. The van der Waals surface area contributed by atoms with E-state index in [2.05, 4.69) is 10.3 Å². The Labute approximate surface area is 182 Å². The quantitative estimate of drug-likeness (QED) is 0.425. The molecule has 0 saturated carbocycles. The van der Waals surface area contributed by atoms with E-state index >= 15 is 0 Å². The molecule has 158 valence electrons. The van der Waals surface area contributed by atoms with Crippen molar-refractivity contribution in [2.24, 2.45) is 0 Å². The van der Waals surface area contributed by atoms with Gasteiger partial charge in [-0.15, -0.1) is 11.3 Å². The predicted octanol–water partition coefficient (Wildman–Crippen LogP) is 3.86. The summed E-state index contributed by atoms with van der Waals surface area (Å²) in [7, 11) is -3.42. The number of nitrogens with one attached hydrogen (secondary N) is 1. The van der Waals surface area contributed by atoms with Gasteiger partial charge in [0.2, 0.25) is 5.91 Å². The van der Waals surface area contributed by atoms with Crippen LogP contribution in [0.4, 0.5) is 5.13 Å². The summed E-state index contributed by atoms with van der Waals surface area (Å²) in [6, 6.07) is 17.7. The summed E-state index contributed by atoms with van der Waals surface area (Å²) in [4.78, 5) is 28.8. The molecule has 0 bridgehead atoms. The lowest BCUT2D eigenvalue weighted by atomic mass is 10.1. The molecular formula is C22H18N2O5S2. The third-order valence-electron chi connectivity index (χ3n) is 4.54. The third-order valence-corrected chi connectivity index (χ3v) is 6.89. The number of nitrogens with zero attached hydrogens (tertiary/aromatic N) is 1. The summed E-state index contributed by atoms with van der Waals surface area (Å²) in [6.45, 7) is 0. The Balaban J connectivity index is 1.40. The van der Waals surface area contributed by atoms with E-state index in [1.54, 1.807) is 47.8 Å². The topological polar surface area (TPSA) is 106 Å². The van der Waals surface area contributed by atoms with E-state index in [9.17, 15) is 18.0 Å². The van der Waals surface area contributed by atoms with E-state index in [1.165, 1.54) is 0 Å². The second-order valence-corrected chi connectivity index (χ2v) is 9.94. The molecule has 0 unspecified atom stereocenters. The number of amides is 1. The molecule has 9 heteroatoms. The van der Waals surface area contributed by atoms with Gasteiger partial charge in [0.25, 0.3) is 0 Å². The largest absolute Gasteiger partial charge is 0.422 e. The molecule has 2 heterocycles. The van der Waals surface area contributed by atoms with E-state index < -0.39 is 21.4 Å². The molecule has 4 aromatic rings. The van der Waals surface area contributed by atoms with Crippen LogP contribution in [0.1, 0.15) is 12.0 Å². The Hall–Kier alpha value is -3.30. The SMILES string of the molecule is O=C(CCS(=O)(=O)Cc1ccccc1)Nc1nc(-c2cc3ccccc3oc2=O)cs1. The Kier molecular flexibility index (Phi) is 5.97. The highest BCUT2D eigenvalue weighted by Crippen LogP contribution is 2.25. The highest BCUT2D eigenvalue weighted by atomic mass is 32.2. The second-order valence-electron chi connectivity index (χ2n) is 6.90. The molecule has 4 rings (SSSR count). The van der Waals surface area contributed by atoms with E-state index in [1.807, 2.05) is 18.2 Å². The zero-order valence-corrected chi connectivity index (χ0v) is 17.9. The fourth-order valence-corrected chi connectivity index (χ4v) is 5.09. The Morgan fingerprint density at radius 3 is 2.61 bits per heavy atom.